The summed E-state index contributed by atoms with van der Waals surface area (Å²) in [6, 6.07) is 11.5. The number of likely N-dealkylation sites (tertiary alicyclic amines) is 1. The molecule has 22 heavy (non-hydrogen) atoms. The first-order valence-electron chi connectivity index (χ1n) is 7.73. The molecule has 2 aromatic rings. The topological polar surface area (TPSA) is 53.7 Å². The van der Waals surface area contributed by atoms with E-state index in [9.17, 15) is 9.90 Å². The minimum absolute atomic E-state index is 0.0462. The highest BCUT2D eigenvalue weighted by Crippen LogP contribution is 2.31. The maximum absolute atomic E-state index is 12.4. The first kappa shape index (κ1) is 14.9. The summed E-state index contributed by atoms with van der Waals surface area (Å²) < 4.78 is 5.28. The highest BCUT2D eigenvalue weighted by Gasteiger charge is 2.29. The summed E-state index contributed by atoms with van der Waals surface area (Å²) in [4.78, 5) is 14.2. The van der Waals surface area contributed by atoms with Crippen LogP contribution in [-0.4, -0.2) is 29.0 Å². The summed E-state index contributed by atoms with van der Waals surface area (Å²) in [7, 11) is 0. The number of rotatable bonds is 3. The molecule has 1 aliphatic heterocycles. The van der Waals surface area contributed by atoms with E-state index < -0.39 is 6.10 Å². The van der Waals surface area contributed by atoms with Crippen molar-refractivity contribution in [1.29, 1.82) is 0 Å². The van der Waals surface area contributed by atoms with Crippen molar-refractivity contribution >= 4 is 5.91 Å². The van der Waals surface area contributed by atoms with Gasteiger partial charge < -0.3 is 14.4 Å². The van der Waals surface area contributed by atoms with Crippen molar-refractivity contribution in [2.24, 2.45) is 5.92 Å². The van der Waals surface area contributed by atoms with Crippen LogP contribution < -0.4 is 0 Å². The van der Waals surface area contributed by atoms with Gasteiger partial charge in [0.1, 0.15) is 0 Å². The summed E-state index contributed by atoms with van der Waals surface area (Å²) in [6.07, 6.45) is 2.71. The van der Waals surface area contributed by atoms with E-state index >= 15 is 0 Å². The van der Waals surface area contributed by atoms with Crippen LogP contribution in [0.15, 0.2) is 47.1 Å². The number of aliphatic hydroxyl groups is 1. The van der Waals surface area contributed by atoms with Gasteiger partial charge in [-0.25, -0.2) is 0 Å². The number of nitrogens with zero attached hydrogens (tertiary/aromatic N) is 1. The Balaban J connectivity index is 1.61. The number of hydrogen-bond donors (Lipinski definition) is 1. The molecule has 116 valence electrons. The number of benzene rings is 1. The third-order valence-corrected chi connectivity index (χ3v) is 4.47. The molecule has 0 aliphatic carbocycles. The van der Waals surface area contributed by atoms with Gasteiger partial charge in [0.2, 0.25) is 0 Å². The van der Waals surface area contributed by atoms with Gasteiger partial charge in [-0.05, 0) is 37.3 Å². The standard InChI is InChI=1S/C18H21NO3/c1-13-9-12-22-17(13)18(21)19-10-7-15(8-11-19)16(20)14-5-3-2-4-6-14/h2-6,9,12,15-16,20H,7-8,10-11H2,1H3. The Morgan fingerprint density at radius 2 is 1.91 bits per heavy atom. The lowest BCUT2D eigenvalue weighted by Gasteiger charge is -2.34. The second kappa shape index (κ2) is 6.36. The maximum Gasteiger partial charge on any atom is 0.289 e. The van der Waals surface area contributed by atoms with Gasteiger partial charge in [0.05, 0.1) is 12.4 Å². The Labute approximate surface area is 130 Å². The largest absolute Gasteiger partial charge is 0.459 e. The number of hydrogen-bond acceptors (Lipinski definition) is 3. The summed E-state index contributed by atoms with van der Waals surface area (Å²) in [5.41, 5.74) is 1.82. The van der Waals surface area contributed by atoms with E-state index in [4.69, 9.17) is 4.42 Å². The number of aryl methyl sites for hydroxylation is 1. The maximum atomic E-state index is 12.4. The second-order valence-corrected chi connectivity index (χ2v) is 5.92. The van der Waals surface area contributed by atoms with Crippen LogP contribution in [0.4, 0.5) is 0 Å². The van der Waals surface area contributed by atoms with E-state index in [1.54, 1.807) is 12.3 Å². The molecular weight excluding hydrogens is 278 g/mol. The molecule has 0 saturated carbocycles. The number of carbonyl (C=O) groups excluding carboxylic acids is 1. The minimum Gasteiger partial charge on any atom is -0.459 e. The molecule has 4 heteroatoms. The van der Waals surface area contributed by atoms with E-state index in [0.29, 0.717) is 18.8 Å². The number of aliphatic hydroxyl groups excluding tert-OH is 1. The van der Waals surface area contributed by atoms with Gasteiger partial charge in [0, 0.05) is 18.7 Å². The molecule has 1 N–H and O–H groups in total. The highest BCUT2D eigenvalue weighted by molar-refractivity contribution is 5.92. The summed E-state index contributed by atoms with van der Waals surface area (Å²) >= 11 is 0. The SMILES string of the molecule is Cc1ccoc1C(=O)N1CCC(C(O)c2ccccc2)CC1. The molecule has 1 atom stereocenters. The van der Waals surface area contributed by atoms with E-state index in [1.807, 2.05) is 42.2 Å². The Hall–Kier alpha value is -2.07. The molecule has 1 fully saturated rings. The van der Waals surface area contributed by atoms with Crippen LogP contribution >= 0.6 is 0 Å². The lowest BCUT2D eigenvalue weighted by atomic mass is 9.87. The molecule has 1 amide bonds. The molecular formula is C18H21NO3. The molecule has 0 radical (unpaired) electrons. The fourth-order valence-electron chi connectivity index (χ4n) is 3.08. The molecule has 1 saturated heterocycles. The molecule has 1 unspecified atom stereocenters. The van der Waals surface area contributed by atoms with Crippen LogP contribution in [-0.2, 0) is 0 Å². The Bertz CT molecular complexity index is 627. The summed E-state index contributed by atoms with van der Waals surface area (Å²) in [5.74, 6) is 0.585. The van der Waals surface area contributed by atoms with Crippen molar-refractivity contribution in [3.63, 3.8) is 0 Å². The molecule has 0 bridgehead atoms. The zero-order chi connectivity index (χ0) is 15.5. The van der Waals surface area contributed by atoms with Crippen LogP contribution in [0.2, 0.25) is 0 Å². The van der Waals surface area contributed by atoms with Crippen molar-refractivity contribution in [1.82, 2.24) is 4.90 Å². The smallest absolute Gasteiger partial charge is 0.289 e. The lowest BCUT2D eigenvalue weighted by Crippen LogP contribution is -2.39. The molecule has 4 nitrogen and oxygen atoms in total. The second-order valence-electron chi connectivity index (χ2n) is 5.92. The number of amides is 1. The van der Waals surface area contributed by atoms with Gasteiger partial charge in [0.25, 0.3) is 5.91 Å². The van der Waals surface area contributed by atoms with E-state index in [1.165, 1.54) is 0 Å². The van der Waals surface area contributed by atoms with E-state index in [0.717, 1.165) is 24.0 Å². The van der Waals surface area contributed by atoms with Gasteiger partial charge in [0.15, 0.2) is 5.76 Å². The quantitative estimate of drug-likeness (QED) is 0.947. The van der Waals surface area contributed by atoms with Crippen molar-refractivity contribution in [2.75, 3.05) is 13.1 Å². The summed E-state index contributed by atoms with van der Waals surface area (Å²) in [6.45, 7) is 3.20. The van der Waals surface area contributed by atoms with Crippen molar-refractivity contribution in [3.8, 4) is 0 Å². The zero-order valence-electron chi connectivity index (χ0n) is 12.7. The molecule has 1 aliphatic rings. The molecule has 1 aromatic carbocycles. The molecule has 2 heterocycles. The van der Waals surface area contributed by atoms with Crippen LogP contribution in [0.25, 0.3) is 0 Å². The van der Waals surface area contributed by atoms with Crippen molar-refractivity contribution < 1.29 is 14.3 Å². The lowest BCUT2D eigenvalue weighted by molar-refractivity contribution is 0.0442. The Morgan fingerprint density at radius 1 is 1.23 bits per heavy atom. The normalized spacial score (nSPS) is 17.5. The van der Waals surface area contributed by atoms with Crippen LogP contribution in [0.1, 0.15) is 40.6 Å². The van der Waals surface area contributed by atoms with Crippen LogP contribution in [0, 0.1) is 12.8 Å². The number of carbonyl (C=O) groups is 1. The monoisotopic (exact) mass is 299 g/mol. The van der Waals surface area contributed by atoms with Crippen molar-refractivity contribution in [2.45, 2.75) is 25.9 Å². The van der Waals surface area contributed by atoms with E-state index in [-0.39, 0.29) is 11.8 Å². The van der Waals surface area contributed by atoms with E-state index in [2.05, 4.69) is 0 Å². The van der Waals surface area contributed by atoms with Gasteiger partial charge >= 0.3 is 0 Å². The average molecular weight is 299 g/mol. The zero-order valence-corrected chi connectivity index (χ0v) is 12.7. The van der Waals surface area contributed by atoms with Crippen LogP contribution in [0.3, 0.4) is 0 Å². The Morgan fingerprint density at radius 3 is 2.50 bits per heavy atom. The highest BCUT2D eigenvalue weighted by atomic mass is 16.3. The van der Waals surface area contributed by atoms with Crippen molar-refractivity contribution in [3.05, 3.63) is 59.5 Å². The molecule has 1 aromatic heterocycles. The predicted octanol–water partition coefficient (Wildman–Crippen LogP) is 3.17. The van der Waals surface area contributed by atoms with Crippen LogP contribution in [0.5, 0.6) is 0 Å². The molecule has 0 spiro atoms. The first-order valence-corrected chi connectivity index (χ1v) is 7.73. The van der Waals surface area contributed by atoms with Gasteiger partial charge in [-0.1, -0.05) is 30.3 Å². The van der Waals surface area contributed by atoms with Gasteiger partial charge in [-0.15, -0.1) is 0 Å². The van der Waals surface area contributed by atoms with Gasteiger partial charge in [-0.2, -0.15) is 0 Å². The fourth-order valence-corrected chi connectivity index (χ4v) is 3.08. The third-order valence-electron chi connectivity index (χ3n) is 4.47. The minimum atomic E-state index is -0.455. The fraction of sp³-hybridized carbons (Fsp3) is 0.389. The Kier molecular flexibility index (Phi) is 4.29. The summed E-state index contributed by atoms with van der Waals surface area (Å²) in [5, 5.41) is 10.5. The first-order chi connectivity index (χ1) is 10.7. The molecule has 3 rings (SSSR count). The predicted molar refractivity (Wildman–Crippen MR) is 83.5 cm³/mol. The van der Waals surface area contributed by atoms with Gasteiger partial charge in [-0.3, -0.25) is 4.79 Å². The third kappa shape index (κ3) is 2.92. The average Bonchev–Trinajstić information content (AvgIpc) is 3.00. The number of furan rings is 1. The number of piperidine rings is 1.